The Kier molecular flexibility index (Phi) is 3.12. The van der Waals surface area contributed by atoms with E-state index in [1.54, 1.807) is 18.7 Å². The summed E-state index contributed by atoms with van der Waals surface area (Å²) in [6, 6.07) is 2.38. The van der Waals surface area contributed by atoms with Crippen molar-refractivity contribution in [2.75, 3.05) is 6.54 Å². The van der Waals surface area contributed by atoms with Gasteiger partial charge in [0.25, 0.3) is 0 Å². The van der Waals surface area contributed by atoms with Gasteiger partial charge in [0.1, 0.15) is 0 Å². The molecule has 0 aromatic carbocycles. The normalized spacial score (nSPS) is 16.1. The van der Waals surface area contributed by atoms with Gasteiger partial charge in [0.15, 0.2) is 0 Å². The van der Waals surface area contributed by atoms with Crippen molar-refractivity contribution in [1.29, 1.82) is 5.26 Å². The molecule has 4 heteroatoms. The van der Waals surface area contributed by atoms with Crippen molar-refractivity contribution in [3.63, 3.8) is 0 Å². The quantitative estimate of drug-likeness (QED) is 0.715. The number of carbonyl (C=O) groups excluding carboxylic acids is 1. The highest BCUT2D eigenvalue weighted by atomic mass is 16.2. The molecule has 0 aromatic heterocycles. The lowest BCUT2D eigenvalue weighted by Crippen LogP contribution is -2.52. The van der Waals surface area contributed by atoms with Crippen LogP contribution in [-0.4, -0.2) is 28.9 Å². The molecule has 0 heterocycles. The number of rotatable bonds is 4. The van der Waals surface area contributed by atoms with Gasteiger partial charge < -0.3 is 10.6 Å². The van der Waals surface area contributed by atoms with Gasteiger partial charge in [0.05, 0.1) is 18.0 Å². The van der Waals surface area contributed by atoms with Crippen LogP contribution >= 0.6 is 0 Å². The van der Waals surface area contributed by atoms with Crippen molar-refractivity contribution in [3.8, 4) is 6.07 Å². The summed E-state index contributed by atoms with van der Waals surface area (Å²) in [6.07, 6.45) is 2.48. The third-order valence-corrected chi connectivity index (χ3v) is 2.26. The highest BCUT2D eigenvalue weighted by Gasteiger charge is 2.37. The predicted octanol–water partition coefficient (Wildman–Crippen LogP) is 0.628. The third kappa shape index (κ3) is 2.71. The summed E-state index contributed by atoms with van der Waals surface area (Å²) in [5.74, 6) is -0.0461. The number of hydrogen-bond donors (Lipinski definition) is 1. The molecule has 0 radical (unpaired) electrons. The number of nitrogens with zero attached hydrogens (tertiary/aromatic N) is 2. The zero-order chi connectivity index (χ0) is 10.8. The number of carbonyl (C=O) groups is 1. The summed E-state index contributed by atoms with van der Waals surface area (Å²) in [6.45, 7) is 3.93. The molecular formula is C10H17N3O. The van der Waals surface area contributed by atoms with Crippen LogP contribution in [-0.2, 0) is 4.79 Å². The molecule has 1 saturated carbocycles. The van der Waals surface area contributed by atoms with Gasteiger partial charge in [0, 0.05) is 12.6 Å². The zero-order valence-corrected chi connectivity index (χ0v) is 8.79. The molecule has 0 aromatic rings. The summed E-state index contributed by atoms with van der Waals surface area (Å²) in [4.78, 5) is 13.6. The molecule has 1 fully saturated rings. The highest BCUT2D eigenvalue weighted by molar-refractivity contribution is 5.85. The van der Waals surface area contributed by atoms with Crippen LogP contribution in [0, 0.1) is 11.3 Å². The van der Waals surface area contributed by atoms with E-state index in [9.17, 15) is 4.79 Å². The minimum atomic E-state index is -0.821. The molecule has 0 atom stereocenters. The summed E-state index contributed by atoms with van der Waals surface area (Å²) in [5.41, 5.74) is 4.92. The maximum atomic E-state index is 11.8. The molecule has 0 aliphatic heterocycles. The van der Waals surface area contributed by atoms with Crippen LogP contribution in [0.1, 0.15) is 33.1 Å². The van der Waals surface area contributed by atoms with Gasteiger partial charge in [-0.1, -0.05) is 0 Å². The van der Waals surface area contributed by atoms with Crippen molar-refractivity contribution in [2.45, 2.75) is 44.7 Å². The van der Waals surface area contributed by atoms with Gasteiger partial charge in [-0.25, -0.2) is 0 Å². The Bertz CT molecular complexity index is 258. The SMILES string of the molecule is CC(C)(N)C(=O)N(CCC#N)C1CC1. The molecule has 0 saturated heterocycles. The fraction of sp³-hybridized carbons (Fsp3) is 0.800. The van der Waals surface area contributed by atoms with Crippen molar-refractivity contribution in [1.82, 2.24) is 4.90 Å². The average Bonchev–Trinajstić information content (AvgIpc) is 2.86. The van der Waals surface area contributed by atoms with E-state index in [0.29, 0.717) is 19.0 Å². The Morgan fingerprint density at radius 2 is 2.21 bits per heavy atom. The fourth-order valence-electron chi connectivity index (χ4n) is 1.38. The maximum Gasteiger partial charge on any atom is 0.242 e. The van der Waals surface area contributed by atoms with Gasteiger partial charge in [-0.3, -0.25) is 4.79 Å². The second-order valence-corrected chi connectivity index (χ2v) is 4.36. The van der Waals surface area contributed by atoms with Crippen LogP contribution in [0.4, 0.5) is 0 Å². The van der Waals surface area contributed by atoms with E-state index in [2.05, 4.69) is 6.07 Å². The van der Waals surface area contributed by atoms with E-state index in [4.69, 9.17) is 11.0 Å². The molecule has 1 aliphatic carbocycles. The predicted molar refractivity (Wildman–Crippen MR) is 53.2 cm³/mol. The van der Waals surface area contributed by atoms with E-state index >= 15 is 0 Å². The molecule has 1 amide bonds. The summed E-state index contributed by atoms with van der Waals surface area (Å²) in [5, 5.41) is 8.48. The van der Waals surface area contributed by atoms with Gasteiger partial charge >= 0.3 is 0 Å². The van der Waals surface area contributed by atoms with Crippen molar-refractivity contribution < 1.29 is 4.79 Å². The van der Waals surface area contributed by atoms with Gasteiger partial charge in [0.2, 0.25) is 5.91 Å². The van der Waals surface area contributed by atoms with Gasteiger partial charge in [-0.05, 0) is 26.7 Å². The first-order valence-electron chi connectivity index (χ1n) is 4.93. The topological polar surface area (TPSA) is 70.1 Å². The third-order valence-electron chi connectivity index (χ3n) is 2.26. The van der Waals surface area contributed by atoms with Gasteiger partial charge in [-0.2, -0.15) is 5.26 Å². The first-order valence-corrected chi connectivity index (χ1v) is 4.93. The molecular weight excluding hydrogens is 178 g/mol. The molecule has 4 nitrogen and oxygen atoms in total. The van der Waals surface area contributed by atoms with E-state index < -0.39 is 5.54 Å². The summed E-state index contributed by atoms with van der Waals surface area (Å²) >= 11 is 0. The smallest absolute Gasteiger partial charge is 0.242 e. The minimum absolute atomic E-state index is 0.0461. The highest BCUT2D eigenvalue weighted by Crippen LogP contribution is 2.28. The van der Waals surface area contributed by atoms with E-state index in [1.165, 1.54) is 0 Å². The lowest BCUT2D eigenvalue weighted by molar-refractivity contribution is -0.136. The number of nitriles is 1. The van der Waals surface area contributed by atoms with Crippen molar-refractivity contribution in [3.05, 3.63) is 0 Å². The first kappa shape index (κ1) is 11.0. The van der Waals surface area contributed by atoms with E-state index in [0.717, 1.165) is 12.8 Å². The second kappa shape index (κ2) is 3.97. The second-order valence-electron chi connectivity index (χ2n) is 4.36. The molecule has 2 N–H and O–H groups in total. The molecule has 14 heavy (non-hydrogen) atoms. The molecule has 0 bridgehead atoms. The minimum Gasteiger partial charge on any atom is -0.337 e. The van der Waals surface area contributed by atoms with Crippen LogP contribution in [0.25, 0.3) is 0 Å². The Morgan fingerprint density at radius 3 is 2.57 bits per heavy atom. The fourth-order valence-corrected chi connectivity index (χ4v) is 1.38. The van der Waals surface area contributed by atoms with Crippen LogP contribution in [0.3, 0.4) is 0 Å². The van der Waals surface area contributed by atoms with E-state index in [-0.39, 0.29) is 5.91 Å². The molecule has 1 aliphatic rings. The Hall–Kier alpha value is -1.08. The van der Waals surface area contributed by atoms with Crippen molar-refractivity contribution in [2.24, 2.45) is 5.73 Å². The zero-order valence-electron chi connectivity index (χ0n) is 8.79. The lowest BCUT2D eigenvalue weighted by atomic mass is 10.1. The molecule has 0 spiro atoms. The monoisotopic (exact) mass is 195 g/mol. The Morgan fingerprint density at radius 1 is 1.64 bits per heavy atom. The Labute approximate surface area is 84.7 Å². The van der Waals surface area contributed by atoms with Crippen molar-refractivity contribution >= 4 is 5.91 Å². The standard InChI is InChI=1S/C10H17N3O/c1-10(2,12)9(14)13(7-3-6-11)8-4-5-8/h8H,3-5,7,12H2,1-2H3. The van der Waals surface area contributed by atoms with Crippen LogP contribution < -0.4 is 5.73 Å². The van der Waals surface area contributed by atoms with Crippen LogP contribution in [0.2, 0.25) is 0 Å². The largest absolute Gasteiger partial charge is 0.337 e. The average molecular weight is 195 g/mol. The lowest BCUT2D eigenvalue weighted by Gasteiger charge is -2.28. The molecule has 1 rings (SSSR count). The molecule has 78 valence electrons. The number of hydrogen-bond acceptors (Lipinski definition) is 3. The maximum absolute atomic E-state index is 11.8. The van der Waals surface area contributed by atoms with Crippen LogP contribution in [0.5, 0.6) is 0 Å². The van der Waals surface area contributed by atoms with Crippen LogP contribution in [0.15, 0.2) is 0 Å². The number of nitrogens with two attached hydrogens (primary N) is 1. The van der Waals surface area contributed by atoms with Gasteiger partial charge in [-0.15, -0.1) is 0 Å². The summed E-state index contributed by atoms with van der Waals surface area (Å²) < 4.78 is 0. The Balaban J connectivity index is 2.59. The number of amides is 1. The first-order chi connectivity index (χ1) is 6.46. The molecule has 0 unspecified atom stereocenters. The summed E-state index contributed by atoms with van der Waals surface area (Å²) in [7, 11) is 0. The van der Waals surface area contributed by atoms with E-state index in [1.807, 2.05) is 0 Å².